The van der Waals surface area contributed by atoms with Gasteiger partial charge in [-0.1, -0.05) is 0 Å². The Kier molecular flexibility index (Phi) is 4.83. The Balaban J connectivity index is 1.39. The van der Waals surface area contributed by atoms with E-state index in [9.17, 15) is 9.59 Å². The van der Waals surface area contributed by atoms with E-state index in [0.717, 1.165) is 25.8 Å². The molecule has 3 amide bonds. The molecule has 2 aliphatic rings. The first-order valence-electron chi connectivity index (χ1n) is 8.49. The van der Waals surface area contributed by atoms with Crippen molar-refractivity contribution in [1.29, 1.82) is 0 Å². The number of aromatic nitrogens is 2. The Morgan fingerprint density at radius 2 is 2.17 bits per heavy atom. The van der Waals surface area contributed by atoms with Gasteiger partial charge >= 0.3 is 6.03 Å². The number of carbonyl (C=O) groups excluding carboxylic acids is 2. The Bertz CT molecular complexity index is 567. The number of amides is 3. The highest BCUT2D eigenvalue weighted by atomic mass is 16.2. The van der Waals surface area contributed by atoms with Crippen molar-refractivity contribution in [2.45, 2.75) is 44.6 Å². The number of carbonyl (C=O) groups is 2. The Morgan fingerprint density at radius 3 is 2.91 bits per heavy atom. The van der Waals surface area contributed by atoms with Gasteiger partial charge in [0, 0.05) is 44.0 Å². The lowest BCUT2D eigenvalue weighted by molar-refractivity contribution is -0.126. The van der Waals surface area contributed by atoms with Gasteiger partial charge in [0.05, 0.1) is 5.92 Å². The average Bonchev–Trinajstić information content (AvgIpc) is 3.30. The molecule has 0 bridgehead atoms. The quantitative estimate of drug-likeness (QED) is 0.768. The first kappa shape index (κ1) is 15.8. The van der Waals surface area contributed by atoms with Gasteiger partial charge in [-0.25, -0.2) is 4.79 Å². The normalized spacial score (nSPS) is 21.2. The van der Waals surface area contributed by atoms with Crippen LogP contribution in [0.2, 0.25) is 0 Å². The molecule has 1 saturated heterocycles. The molecule has 0 radical (unpaired) electrons. The van der Waals surface area contributed by atoms with E-state index in [2.05, 4.69) is 21.2 Å². The fourth-order valence-corrected chi connectivity index (χ4v) is 3.23. The molecule has 0 unspecified atom stereocenters. The number of urea groups is 1. The molecule has 1 aliphatic carbocycles. The molecule has 7 nitrogen and oxygen atoms in total. The smallest absolute Gasteiger partial charge is 0.314 e. The summed E-state index contributed by atoms with van der Waals surface area (Å²) in [6, 6.07) is 1.66. The maximum atomic E-state index is 12.2. The van der Waals surface area contributed by atoms with Gasteiger partial charge in [0.1, 0.15) is 0 Å². The van der Waals surface area contributed by atoms with Gasteiger partial charge in [-0.15, -0.1) is 0 Å². The van der Waals surface area contributed by atoms with E-state index in [4.69, 9.17) is 5.73 Å². The lowest BCUT2D eigenvalue weighted by atomic mass is 9.97. The number of piperidine rings is 1. The molecule has 2 fully saturated rings. The minimum absolute atomic E-state index is 0.0267. The van der Waals surface area contributed by atoms with E-state index in [1.807, 2.05) is 6.20 Å². The summed E-state index contributed by atoms with van der Waals surface area (Å²) in [4.78, 5) is 25.0. The number of primary amides is 1. The number of nitrogens with one attached hydrogen (secondary N) is 1. The molecule has 1 atom stereocenters. The van der Waals surface area contributed by atoms with Crippen molar-refractivity contribution in [2.75, 3.05) is 19.6 Å². The topological polar surface area (TPSA) is 93.3 Å². The Hall–Kier alpha value is -2.05. The van der Waals surface area contributed by atoms with Gasteiger partial charge in [-0.05, 0) is 38.2 Å². The second-order valence-corrected chi connectivity index (χ2v) is 6.52. The molecule has 1 aromatic heterocycles. The van der Waals surface area contributed by atoms with Crippen molar-refractivity contribution in [3.63, 3.8) is 0 Å². The van der Waals surface area contributed by atoms with Gasteiger partial charge in [0.15, 0.2) is 0 Å². The van der Waals surface area contributed by atoms with Crippen LogP contribution in [0, 0.1) is 5.92 Å². The van der Waals surface area contributed by atoms with Crippen LogP contribution in [0.4, 0.5) is 4.79 Å². The summed E-state index contributed by atoms with van der Waals surface area (Å²) in [6.45, 7) is 2.56. The molecule has 7 heteroatoms. The summed E-state index contributed by atoms with van der Waals surface area (Å²) >= 11 is 0. The molecule has 1 aliphatic heterocycles. The van der Waals surface area contributed by atoms with E-state index in [1.54, 1.807) is 4.90 Å². The molecule has 0 spiro atoms. The second-order valence-electron chi connectivity index (χ2n) is 6.52. The molecular formula is C16H25N5O2. The number of nitrogens with two attached hydrogens (primary N) is 1. The molecule has 1 aromatic rings. The number of hydrogen-bond acceptors (Lipinski definition) is 3. The van der Waals surface area contributed by atoms with Crippen LogP contribution >= 0.6 is 0 Å². The highest BCUT2D eigenvalue weighted by Crippen LogP contribution is 2.39. The Morgan fingerprint density at radius 1 is 1.35 bits per heavy atom. The van der Waals surface area contributed by atoms with Crippen LogP contribution in [0.5, 0.6) is 0 Å². The first-order valence-corrected chi connectivity index (χ1v) is 8.49. The molecule has 23 heavy (non-hydrogen) atoms. The number of nitrogens with zero attached hydrogens (tertiary/aromatic N) is 3. The maximum Gasteiger partial charge on any atom is 0.314 e. The highest BCUT2D eigenvalue weighted by molar-refractivity contribution is 5.80. The van der Waals surface area contributed by atoms with E-state index < -0.39 is 6.03 Å². The zero-order valence-electron chi connectivity index (χ0n) is 13.4. The number of hydrogen-bond donors (Lipinski definition) is 2. The first-order chi connectivity index (χ1) is 11.1. The van der Waals surface area contributed by atoms with Crippen LogP contribution in [0.3, 0.4) is 0 Å². The minimum Gasteiger partial charge on any atom is -0.356 e. The highest BCUT2D eigenvalue weighted by Gasteiger charge is 2.28. The summed E-state index contributed by atoms with van der Waals surface area (Å²) in [5.74, 6) is 0.580. The minimum atomic E-state index is -0.436. The zero-order valence-corrected chi connectivity index (χ0v) is 13.4. The molecular weight excluding hydrogens is 294 g/mol. The molecule has 2 heterocycles. The summed E-state index contributed by atoms with van der Waals surface area (Å²) in [7, 11) is 0. The van der Waals surface area contributed by atoms with Crippen LogP contribution < -0.4 is 11.1 Å². The van der Waals surface area contributed by atoms with Crippen molar-refractivity contribution in [3.8, 4) is 0 Å². The fraction of sp³-hybridized carbons (Fsp3) is 0.688. The van der Waals surface area contributed by atoms with Gasteiger partial charge in [-0.2, -0.15) is 5.10 Å². The van der Waals surface area contributed by atoms with Crippen LogP contribution in [-0.2, 0) is 11.3 Å². The van der Waals surface area contributed by atoms with E-state index in [1.165, 1.54) is 18.5 Å². The van der Waals surface area contributed by atoms with Crippen LogP contribution in [0.25, 0.3) is 0 Å². The largest absolute Gasteiger partial charge is 0.356 e. The third-order valence-corrected chi connectivity index (χ3v) is 4.69. The molecule has 1 saturated carbocycles. The predicted octanol–water partition coefficient (Wildman–Crippen LogP) is 1.06. The summed E-state index contributed by atoms with van der Waals surface area (Å²) in [5.41, 5.74) is 6.61. The standard InChI is InChI=1S/C16H25N5O2/c17-16(23)20-9-1-3-13(11-20)15(22)18-7-2-10-21-14(6-8-19-21)12-4-5-12/h6,8,12-13H,1-5,7,9-11H2,(H2,17,23)(H,18,22)/t13-/m1/s1. The van der Waals surface area contributed by atoms with Crippen molar-refractivity contribution >= 4 is 11.9 Å². The lowest BCUT2D eigenvalue weighted by Crippen LogP contribution is -2.47. The van der Waals surface area contributed by atoms with Gasteiger partial charge in [-0.3, -0.25) is 9.48 Å². The van der Waals surface area contributed by atoms with Crippen molar-refractivity contribution < 1.29 is 9.59 Å². The molecule has 0 aromatic carbocycles. The van der Waals surface area contributed by atoms with Crippen molar-refractivity contribution in [2.24, 2.45) is 11.7 Å². The molecule has 3 N–H and O–H groups in total. The number of rotatable bonds is 6. The summed E-state index contributed by atoms with van der Waals surface area (Å²) in [6.07, 6.45) is 6.90. The lowest BCUT2D eigenvalue weighted by Gasteiger charge is -2.30. The van der Waals surface area contributed by atoms with E-state index in [0.29, 0.717) is 25.6 Å². The summed E-state index contributed by atoms with van der Waals surface area (Å²) in [5, 5.41) is 7.34. The van der Waals surface area contributed by atoms with Crippen molar-refractivity contribution in [3.05, 3.63) is 18.0 Å². The van der Waals surface area contributed by atoms with E-state index >= 15 is 0 Å². The molecule has 3 rings (SSSR count). The summed E-state index contributed by atoms with van der Waals surface area (Å²) < 4.78 is 2.05. The predicted molar refractivity (Wildman–Crippen MR) is 85.7 cm³/mol. The third-order valence-electron chi connectivity index (χ3n) is 4.69. The van der Waals surface area contributed by atoms with Crippen LogP contribution in [0.1, 0.15) is 43.7 Å². The van der Waals surface area contributed by atoms with Crippen LogP contribution in [-0.4, -0.2) is 46.3 Å². The van der Waals surface area contributed by atoms with Gasteiger partial charge < -0.3 is 16.0 Å². The number of likely N-dealkylation sites (tertiary alicyclic amines) is 1. The molecule has 126 valence electrons. The van der Waals surface area contributed by atoms with Crippen LogP contribution in [0.15, 0.2) is 12.3 Å². The van der Waals surface area contributed by atoms with E-state index in [-0.39, 0.29) is 11.8 Å². The Labute approximate surface area is 136 Å². The zero-order chi connectivity index (χ0) is 16.2. The monoisotopic (exact) mass is 319 g/mol. The van der Waals surface area contributed by atoms with Gasteiger partial charge in [0.2, 0.25) is 5.91 Å². The second kappa shape index (κ2) is 7.02. The number of aryl methyl sites for hydroxylation is 1. The fourth-order valence-electron chi connectivity index (χ4n) is 3.23. The maximum absolute atomic E-state index is 12.2. The van der Waals surface area contributed by atoms with Gasteiger partial charge in [0.25, 0.3) is 0 Å². The average molecular weight is 319 g/mol. The SMILES string of the molecule is NC(=O)N1CCC[C@@H](C(=O)NCCCn2nccc2C2CC2)C1. The third kappa shape index (κ3) is 4.03. The van der Waals surface area contributed by atoms with Crippen molar-refractivity contribution in [1.82, 2.24) is 20.0 Å².